The average Bonchev–Trinajstić information content (AvgIpc) is 3.31. The number of hydrogen-bond donors (Lipinski definition) is 1. The molecule has 2 heterocycles. The number of nitrogens with zero attached hydrogens (tertiary/aromatic N) is 1. The predicted molar refractivity (Wildman–Crippen MR) is 119 cm³/mol. The predicted octanol–water partition coefficient (Wildman–Crippen LogP) is 4.03. The lowest BCUT2D eigenvalue weighted by atomic mass is 9.98. The van der Waals surface area contributed by atoms with E-state index >= 15 is 0 Å². The lowest BCUT2D eigenvalue weighted by Gasteiger charge is -2.29. The summed E-state index contributed by atoms with van der Waals surface area (Å²) in [5.41, 5.74) is 3.53. The zero-order valence-electron chi connectivity index (χ0n) is 17.3. The van der Waals surface area contributed by atoms with Gasteiger partial charge in [-0.2, -0.15) is 0 Å². The van der Waals surface area contributed by atoms with Crippen molar-refractivity contribution in [3.63, 3.8) is 0 Å². The van der Waals surface area contributed by atoms with E-state index in [-0.39, 0.29) is 11.9 Å². The molecule has 0 radical (unpaired) electrons. The van der Waals surface area contributed by atoms with E-state index in [0.29, 0.717) is 6.54 Å². The van der Waals surface area contributed by atoms with Crippen LogP contribution in [0.4, 0.5) is 0 Å². The Hall–Kier alpha value is -2.83. The summed E-state index contributed by atoms with van der Waals surface area (Å²) < 4.78 is 10.9. The van der Waals surface area contributed by atoms with E-state index in [1.54, 1.807) is 25.6 Å². The molecule has 156 valence electrons. The van der Waals surface area contributed by atoms with E-state index in [9.17, 15) is 4.79 Å². The molecule has 0 bridgehead atoms. The molecule has 0 saturated heterocycles. The first-order valence-electron chi connectivity index (χ1n) is 10.0. The summed E-state index contributed by atoms with van der Waals surface area (Å²) in [7, 11) is 3.30. The Morgan fingerprint density at radius 2 is 1.80 bits per heavy atom. The van der Waals surface area contributed by atoms with E-state index in [1.807, 2.05) is 41.8 Å². The Morgan fingerprint density at radius 1 is 1.07 bits per heavy atom. The summed E-state index contributed by atoms with van der Waals surface area (Å²) in [6.07, 6.45) is 0.885. The zero-order chi connectivity index (χ0) is 20.9. The lowest BCUT2D eigenvalue weighted by molar-refractivity contribution is -0.122. The number of benzene rings is 2. The molecule has 1 aromatic heterocycles. The molecule has 2 aromatic carbocycles. The number of methoxy groups -OCH3 is 2. The molecule has 0 fully saturated rings. The number of hydrogen-bond acceptors (Lipinski definition) is 5. The number of carbonyl (C=O) groups is 1. The summed E-state index contributed by atoms with van der Waals surface area (Å²) in [5.74, 6) is 1.51. The molecule has 6 heteroatoms. The Balaban J connectivity index is 1.45. The van der Waals surface area contributed by atoms with Crippen LogP contribution in [0.25, 0.3) is 0 Å². The van der Waals surface area contributed by atoms with Crippen molar-refractivity contribution in [2.75, 3.05) is 27.3 Å². The molecular formula is C24H26N2O3S. The van der Waals surface area contributed by atoms with Crippen LogP contribution in [0.3, 0.4) is 0 Å². The smallest absolute Gasteiger partial charge is 0.234 e. The van der Waals surface area contributed by atoms with Gasteiger partial charge in [-0.1, -0.05) is 36.4 Å². The highest BCUT2D eigenvalue weighted by Gasteiger charge is 2.23. The minimum atomic E-state index is -0.125. The third-order valence-electron chi connectivity index (χ3n) is 5.43. The van der Waals surface area contributed by atoms with Gasteiger partial charge in [-0.15, -0.1) is 11.3 Å². The Morgan fingerprint density at radius 3 is 2.47 bits per heavy atom. The van der Waals surface area contributed by atoms with Gasteiger partial charge in [-0.05, 0) is 46.7 Å². The van der Waals surface area contributed by atoms with Crippen LogP contribution in [0.15, 0.2) is 60.0 Å². The van der Waals surface area contributed by atoms with Crippen molar-refractivity contribution in [2.24, 2.45) is 0 Å². The van der Waals surface area contributed by atoms with E-state index in [0.717, 1.165) is 41.4 Å². The van der Waals surface area contributed by atoms with Crippen LogP contribution in [0.2, 0.25) is 0 Å². The molecule has 1 N–H and O–H groups in total. The molecule has 3 aromatic rings. The number of nitrogens with one attached hydrogen (secondary N) is 1. The van der Waals surface area contributed by atoms with Gasteiger partial charge >= 0.3 is 0 Å². The third kappa shape index (κ3) is 4.50. The van der Waals surface area contributed by atoms with Crippen molar-refractivity contribution in [1.82, 2.24) is 10.2 Å². The molecule has 1 aliphatic rings. The van der Waals surface area contributed by atoms with Crippen LogP contribution in [0.1, 0.15) is 27.6 Å². The molecule has 30 heavy (non-hydrogen) atoms. The second-order valence-electron chi connectivity index (χ2n) is 7.36. The molecule has 0 saturated carbocycles. The minimum absolute atomic E-state index is 0.0289. The van der Waals surface area contributed by atoms with Gasteiger partial charge in [0.15, 0.2) is 11.5 Å². The Kier molecular flexibility index (Phi) is 6.35. The molecular weight excluding hydrogens is 396 g/mol. The number of rotatable bonds is 7. The molecule has 1 atom stereocenters. The van der Waals surface area contributed by atoms with Gasteiger partial charge in [0, 0.05) is 18.0 Å². The number of thiophene rings is 1. The van der Waals surface area contributed by atoms with Crippen molar-refractivity contribution in [3.05, 3.63) is 81.5 Å². The molecule has 0 unspecified atom stereocenters. The molecule has 0 spiro atoms. The normalized spacial score (nSPS) is 14.6. The number of ether oxygens (including phenoxy) is 2. The van der Waals surface area contributed by atoms with Crippen LogP contribution in [-0.4, -0.2) is 38.1 Å². The SMILES string of the molecule is COc1cc2c(cc1OC)CN(CC(=O)N[C@@H](c1ccccc1)c1cccs1)CC2. The van der Waals surface area contributed by atoms with Crippen molar-refractivity contribution >= 4 is 17.2 Å². The van der Waals surface area contributed by atoms with Crippen molar-refractivity contribution in [1.29, 1.82) is 0 Å². The number of fused-ring (bicyclic) bond motifs is 1. The summed E-state index contributed by atoms with van der Waals surface area (Å²) in [6.45, 7) is 1.92. The van der Waals surface area contributed by atoms with Crippen molar-refractivity contribution < 1.29 is 14.3 Å². The van der Waals surface area contributed by atoms with Gasteiger partial charge in [0.05, 0.1) is 26.8 Å². The van der Waals surface area contributed by atoms with Gasteiger partial charge in [0.25, 0.3) is 0 Å². The third-order valence-corrected chi connectivity index (χ3v) is 6.37. The standard InChI is InChI=1S/C24H26N2O3S/c1-28-20-13-18-10-11-26(15-19(18)14-21(20)29-2)16-23(27)25-24(22-9-6-12-30-22)17-7-4-3-5-8-17/h3-9,12-14,24H,10-11,15-16H2,1-2H3,(H,25,27)/t24-/m0/s1. The summed E-state index contributed by atoms with van der Waals surface area (Å²) in [5, 5.41) is 5.28. The van der Waals surface area contributed by atoms with Crippen LogP contribution in [0.5, 0.6) is 11.5 Å². The van der Waals surface area contributed by atoms with Crippen LogP contribution < -0.4 is 14.8 Å². The van der Waals surface area contributed by atoms with Crippen LogP contribution >= 0.6 is 11.3 Å². The second-order valence-corrected chi connectivity index (χ2v) is 8.34. The summed E-state index contributed by atoms with van der Waals surface area (Å²) >= 11 is 1.66. The van der Waals surface area contributed by atoms with Gasteiger partial charge in [0.1, 0.15) is 0 Å². The van der Waals surface area contributed by atoms with Gasteiger partial charge < -0.3 is 14.8 Å². The monoisotopic (exact) mass is 422 g/mol. The fraction of sp³-hybridized carbons (Fsp3) is 0.292. The summed E-state index contributed by atoms with van der Waals surface area (Å²) in [4.78, 5) is 16.2. The van der Waals surface area contributed by atoms with Crippen molar-refractivity contribution in [3.8, 4) is 11.5 Å². The molecule has 4 rings (SSSR count). The van der Waals surface area contributed by atoms with E-state index in [1.165, 1.54) is 11.1 Å². The zero-order valence-corrected chi connectivity index (χ0v) is 18.1. The topological polar surface area (TPSA) is 50.8 Å². The molecule has 5 nitrogen and oxygen atoms in total. The first-order chi connectivity index (χ1) is 14.7. The second kappa shape index (κ2) is 9.32. The highest BCUT2D eigenvalue weighted by atomic mass is 32.1. The Bertz CT molecular complexity index is 989. The fourth-order valence-electron chi connectivity index (χ4n) is 3.91. The lowest BCUT2D eigenvalue weighted by Crippen LogP contribution is -2.41. The first-order valence-corrected chi connectivity index (χ1v) is 10.9. The van der Waals surface area contributed by atoms with Gasteiger partial charge in [-0.25, -0.2) is 0 Å². The maximum atomic E-state index is 12.9. The Labute approximate surface area is 181 Å². The van der Waals surface area contributed by atoms with Crippen molar-refractivity contribution in [2.45, 2.75) is 19.0 Å². The molecule has 1 amide bonds. The van der Waals surface area contributed by atoms with E-state index < -0.39 is 0 Å². The van der Waals surface area contributed by atoms with E-state index in [2.05, 4.69) is 28.4 Å². The highest BCUT2D eigenvalue weighted by molar-refractivity contribution is 7.10. The highest BCUT2D eigenvalue weighted by Crippen LogP contribution is 2.33. The van der Waals surface area contributed by atoms with Gasteiger partial charge in [0.2, 0.25) is 5.91 Å². The molecule has 1 aliphatic heterocycles. The largest absolute Gasteiger partial charge is 0.493 e. The fourth-order valence-corrected chi connectivity index (χ4v) is 4.71. The minimum Gasteiger partial charge on any atom is -0.493 e. The van der Waals surface area contributed by atoms with Gasteiger partial charge in [-0.3, -0.25) is 9.69 Å². The van der Waals surface area contributed by atoms with Crippen LogP contribution in [0, 0.1) is 0 Å². The number of carbonyl (C=O) groups excluding carboxylic acids is 1. The maximum absolute atomic E-state index is 12.9. The molecule has 0 aliphatic carbocycles. The maximum Gasteiger partial charge on any atom is 0.234 e. The number of amides is 1. The summed E-state index contributed by atoms with van der Waals surface area (Å²) in [6, 6.07) is 18.2. The quantitative estimate of drug-likeness (QED) is 0.625. The van der Waals surface area contributed by atoms with Crippen LogP contribution in [-0.2, 0) is 17.8 Å². The first kappa shape index (κ1) is 20.4. The van der Waals surface area contributed by atoms with E-state index in [4.69, 9.17) is 9.47 Å². The average molecular weight is 423 g/mol.